The molecule has 8 nitrogen and oxygen atoms in total. The lowest BCUT2D eigenvalue weighted by molar-refractivity contribution is -0.0440. The molecule has 1 amide bonds. The molecule has 0 radical (unpaired) electrons. The first-order valence-corrected chi connectivity index (χ1v) is 11.9. The van der Waals surface area contributed by atoms with Crippen LogP contribution >= 0.6 is 0 Å². The number of morpholine rings is 1. The highest BCUT2D eigenvalue weighted by molar-refractivity contribution is 7.89. The van der Waals surface area contributed by atoms with Gasteiger partial charge in [-0.2, -0.15) is 4.31 Å². The van der Waals surface area contributed by atoms with Crippen LogP contribution in [0.25, 0.3) is 0 Å². The number of hydrogen-bond acceptors (Lipinski definition) is 6. The van der Waals surface area contributed by atoms with E-state index in [2.05, 4.69) is 10.3 Å². The van der Waals surface area contributed by atoms with Crippen LogP contribution in [0.2, 0.25) is 0 Å². The Balaban J connectivity index is 1.65. The topological polar surface area (TPSA) is 97.8 Å². The second-order valence-electron chi connectivity index (χ2n) is 7.60. The van der Waals surface area contributed by atoms with Gasteiger partial charge in [0.15, 0.2) is 0 Å². The maximum atomic E-state index is 12.9. The zero-order valence-electron chi connectivity index (χ0n) is 18.1. The molecule has 31 heavy (non-hydrogen) atoms. The van der Waals surface area contributed by atoms with E-state index in [1.165, 1.54) is 28.6 Å². The summed E-state index contributed by atoms with van der Waals surface area (Å²) in [5, 5.41) is 2.83. The summed E-state index contributed by atoms with van der Waals surface area (Å²) >= 11 is 0. The summed E-state index contributed by atoms with van der Waals surface area (Å²) in [4.78, 5) is 16.9. The van der Waals surface area contributed by atoms with Crippen LogP contribution in [0.3, 0.4) is 0 Å². The van der Waals surface area contributed by atoms with E-state index >= 15 is 0 Å². The molecule has 1 N–H and O–H groups in total. The summed E-state index contributed by atoms with van der Waals surface area (Å²) in [5.41, 5.74) is 1.15. The molecule has 1 aliphatic rings. The van der Waals surface area contributed by atoms with Crippen LogP contribution < -0.4 is 10.1 Å². The number of aromatic nitrogens is 1. The molecule has 2 atom stereocenters. The highest BCUT2D eigenvalue weighted by atomic mass is 32.2. The quantitative estimate of drug-likeness (QED) is 0.668. The Morgan fingerprint density at radius 1 is 1.19 bits per heavy atom. The van der Waals surface area contributed by atoms with Gasteiger partial charge in [-0.15, -0.1) is 0 Å². The number of hydrogen-bond donors (Lipinski definition) is 1. The van der Waals surface area contributed by atoms with Crippen molar-refractivity contribution in [1.29, 1.82) is 0 Å². The van der Waals surface area contributed by atoms with Crippen LogP contribution in [0.5, 0.6) is 5.88 Å². The van der Waals surface area contributed by atoms with E-state index in [0.29, 0.717) is 31.1 Å². The Morgan fingerprint density at radius 3 is 2.52 bits per heavy atom. The average molecular weight is 448 g/mol. The fourth-order valence-electron chi connectivity index (χ4n) is 3.42. The van der Waals surface area contributed by atoms with Gasteiger partial charge in [-0.05, 0) is 50.6 Å². The SMILES string of the molecule is CCCOc1ncccc1CNC(=O)c1ccc(S(=O)(=O)N2CC(C)OC(C)C2)cc1. The number of benzene rings is 1. The molecule has 2 heterocycles. The summed E-state index contributed by atoms with van der Waals surface area (Å²) in [6.45, 7) is 7.14. The van der Waals surface area contributed by atoms with Gasteiger partial charge in [-0.1, -0.05) is 13.0 Å². The molecule has 1 aromatic carbocycles. The predicted molar refractivity (Wildman–Crippen MR) is 116 cm³/mol. The van der Waals surface area contributed by atoms with E-state index < -0.39 is 10.0 Å². The van der Waals surface area contributed by atoms with E-state index in [1.54, 1.807) is 12.3 Å². The van der Waals surface area contributed by atoms with Crippen LogP contribution in [0.1, 0.15) is 43.1 Å². The van der Waals surface area contributed by atoms with Gasteiger partial charge in [0.2, 0.25) is 15.9 Å². The van der Waals surface area contributed by atoms with Gasteiger partial charge in [0.1, 0.15) is 0 Å². The number of carbonyl (C=O) groups excluding carboxylic acids is 1. The van der Waals surface area contributed by atoms with Crippen molar-refractivity contribution in [3.8, 4) is 5.88 Å². The average Bonchev–Trinajstić information content (AvgIpc) is 2.76. The highest BCUT2D eigenvalue weighted by Crippen LogP contribution is 2.21. The standard InChI is InChI=1S/C22H29N3O5S/c1-4-12-29-22-19(6-5-11-23-22)13-24-21(26)18-7-9-20(10-8-18)31(27,28)25-14-16(2)30-17(3)15-25/h5-11,16-17H,4,12-15H2,1-3H3,(H,24,26). The second-order valence-corrected chi connectivity index (χ2v) is 9.54. The number of sulfonamides is 1. The molecule has 0 bridgehead atoms. The zero-order chi connectivity index (χ0) is 22.4. The fourth-order valence-corrected chi connectivity index (χ4v) is 5.01. The van der Waals surface area contributed by atoms with E-state index in [-0.39, 0.29) is 29.6 Å². The molecule has 168 valence electrons. The lowest BCUT2D eigenvalue weighted by atomic mass is 10.2. The Labute approximate surface area is 183 Å². The van der Waals surface area contributed by atoms with Gasteiger partial charge in [-0.25, -0.2) is 13.4 Å². The molecule has 2 aromatic rings. The third-order valence-electron chi connectivity index (χ3n) is 4.87. The number of amides is 1. The van der Waals surface area contributed by atoms with Crippen LogP contribution in [0.15, 0.2) is 47.5 Å². The normalized spacial score (nSPS) is 19.7. The highest BCUT2D eigenvalue weighted by Gasteiger charge is 2.32. The van der Waals surface area contributed by atoms with Crippen LogP contribution in [0, 0.1) is 0 Å². The molecule has 1 aromatic heterocycles. The fraction of sp³-hybridized carbons (Fsp3) is 0.455. The molecule has 9 heteroatoms. The van der Waals surface area contributed by atoms with Gasteiger partial charge < -0.3 is 14.8 Å². The third kappa shape index (κ3) is 5.81. The Hall–Kier alpha value is -2.49. The minimum Gasteiger partial charge on any atom is -0.477 e. The number of nitrogens with one attached hydrogen (secondary N) is 1. The van der Waals surface area contributed by atoms with Crippen molar-refractivity contribution >= 4 is 15.9 Å². The zero-order valence-corrected chi connectivity index (χ0v) is 18.9. The van der Waals surface area contributed by atoms with Crippen molar-refractivity contribution in [3.05, 3.63) is 53.7 Å². The number of pyridine rings is 1. The van der Waals surface area contributed by atoms with Crippen LogP contribution in [0.4, 0.5) is 0 Å². The molecular formula is C22H29N3O5S. The molecule has 2 unspecified atom stereocenters. The van der Waals surface area contributed by atoms with Gasteiger partial charge in [-0.3, -0.25) is 4.79 Å². The minimum atomic E-state index is -3.64. The first-order valence-electron chi connectivity index (χ1n) is 10.4. The van der Waals surface area contributed by atoms with E-state index in [0.717, 1.165) is 12.0 Å². The van der Waals surface area contributed by atoms with E-state index in [1.807, 2.05) is 26.8 Å². The molecule has 3 rings (SSSR count). The summed E-state index contributed by atoms with van der Waals surface area (Å²) in [5.74, 6) is 0.197. The number of ether oxygens (including phenoxy) is 2. The Kier molecular flexibility index (Phi) is 7.64. The van der Waals surface area contributed by atoms with Gasteiger partial charge >= 0.3 is 0 Å². The lowest BCUT2D eigenvalue weighted by Gasteiger charge is -2.34. The number of rotatable bonds is 8. The van der Waals surface area contributed by atoms with Crippen LogP contribution in [-0.2, 0) is 21.3 Å². The van der Waals surface area contributed by atoms with Crippen molar-refractivity contribution in [2.45, 2.75) is 50.8 Å². The first-order chi connectivity index (χ1) is 14.8. The molecule has 1 saturated heterocycles. The van der Waals surface area contributed by atoms with Crippen LogP contribution in [-0.4, -0.2) is 55.5 Å². The van der Waals surface area contributed by atoms with Crippen molar-refractivity contribution in [1.82, 2.24) is 14.6 Å². The molecular weight excluding hydrogens is 418 g/mol. The van der Waals surface area contributed by atoms with Crippen molar-refractivity contribution in [3.63, 3.8) is 0 Å². The van der Waals surface area contributed by atoms with Gasteiger partial charge in [0, 0.05) is 37.0 Å². The number of nitrogens with zero attached hydrogens (tertiary/aromatic N) is 2. The Bertz CT molecular complexity index is 984. The number of carbonyl (C=O) groups is 1. The maximum Gasteiger partial charge on any atom is 0.251 e. The Morgan fingerprint density at radius 2 is 1.87 bits per heavy atom. The maximum absolute atomic E-state index is 12.9. The summed E-state index contributed by atoms with van der Waals surface area (Å²) in [7, 11) is -3.64. The van der Waals surface area contributed by atoms with Crippen molar-refractivity contribution in [2.75, 3.05) is 19.7 Å². The molecule has 0 aliphatic carbocycles. The smallest absolute Gasteiger partial charge is 0.251 e. The minimum absolute atomic E-state index is 0.160. The monoisotopic (exact) mass is 447 g/mol. The first kappa shape index (κ1) is 23.2. The largest absolute Gasteiger partial charge is 0.477 e. The van der Waals surface area contributed by atoms with Crippen molar-refractivity contribution < 1.29 is 22.7 Å². The summed E-state index contributed by atoms with van der Waals surface area (Å²) in [6, 6.07) is 9.61. The van der Waals surface area contributed by atoms with E-state index in [9.17, 15) is 13.2 Å². The third-order valence-corrected chi connectivity index (χ3v) is 6.72. The second kappa shape index (κ2) is 10.2. The van der Waals surface area contributed by atoms with E-state index in [4.69, 9.17) is 9.47 Å². The summed E-state index contributed by atoms with van der Waals surface area (Å²) in [6.07, 6.45) is 2.18. The molecule has 0 spiro atoms. The van der Waals surface area contributed by atoms with Gasteiger partial charge in [0.05, 0.1) is 23.7 Å². The predicted octanol–water partition coefficient (Wildman–Crippen LogP) is 2.60. The van der Waals surface area contributed by atoms with Gasteiger partial charge in [0.25, 0.3) is 5.91 Å². The molecule has 1 fully saturated rings. The lowest BCUT2D eigenvalue weighted by Crippen LogP contribution is -2.48. The summed E-state index contributed by atoms with van der Waals surface area (Å²) < 4.78 is 38.5. The molecule has 0 saturated carbocycles. The molecule has 1 aliphatic heterocycles. The van der Waals surface area contributed by atoms with Crippen molar-refractivity contribution in [2.24, 2.45) is 0 Å².